The average molecular weight is 451 g/mol. The first-order valence-electron chi connectivity index (χ1n) is 7.97. The summed E-state index contributed by atoms with van der Waals surface area (Å²) in [6, 6.07) is 12.9. The predicted molar refractivity (Wildman–Crippen MR) is 98.0 cm³/mol. The summed E-state index contributed by atoms with van der Waals surface area (Å²) in [7, 11) is 0. The Morgan fingerprint density at radius 2 is 1.88 bits per heavy atom. The van der Waals surface area contributed by atoms with Gasteiger partial charge < -0.3 is 0 Å². The minimum absolute atomic E-state index is 0.234. The quantitative estimate of drug-likeness (QED) is 0.715. The first-order valence-corrected chi connectivity index (χ1v) is 13.7. The van der Waals surface area contributed by atoms with Gasteiger partial charge in [-0.2, -0.15) is 0 Å². The van der Waals surface area contributed by atoms with Gasteiger partial charge in [0.2, 0.25) is 0 Å². The molecule has 0 spiro atoms. The second kappa shape index (κ2) is 5.61. The topological polar surface area (TPSA) is 46.2 Å². The molecule has 3 aliphatic rings. The number of thioether (sulfide) groups is 1. The van der Waals surface area contributed by atoms with E-state index < -0.39 is 21.4 Å². The fourth-order valence-electron chi connectivity index (χ4n) is 3.93. The molecule has 1 saturated heterocycles. The molecule has 25 heavy (non-hydrogen) atoms. The van der Waals surface area contributed by atoms with Crippen molar-refractivity contribution in [2.75, 3.05) is 0 Å². The van der Waals surface area contributed by atoms with Crippen LogP contribution in [0, 0.1) is 5.82 Å². The van der Waals surface area contributed by atoms with Crippen LogP contribution in [0.15, 0.2) is 50.7 Å². The zero-order valence-electron chi connectivity index (χ0n) is 13.0. The van der Waals surface area contributed by atoms with Gasteiger partial charge in [0, 0.05) is 0 Å². The molecule has 6 heteroatoms. The van der Waals surface area contributed by atoms with Crippen LogP contribution >= 0.6 is 11.8 Å². The maximum atomic E-state index is 13.2. The van der Waals surface area contributed by atoms with Gasteiger partial charge in [0.25, 0.3) is 0 Å². The summed E-state index contributed by atoms with van der Waals surface area (Å²) in [6.07, 6.45) is 3.05. The molecule has 120 valence electrons. The molecule has 1 N–H and O–H groups in total. The van der Waals surface area contributed by atoms with Crippen LogP contribution in [-0.4, -0.2) is 32.6 Å². The summed E-state index contributed by atoms with van der Waals surface area (Å²) in [5, 5.41) is 2.10. The van der Waals surface area contributed by atoms with E-state index in [0.29, 0.717) is 4.91 Å². The first kappa shape index (κ1) is 15.5. The van der Waals surface area contributed by atoms with Gasteiger partial charge in [0.1, 0.15) is 0 Å². The van der Waals surface area contributed by atoms with E-state index >= 15 is 0 Å². The molecule has 0 saturated carbocycles. The fraction of sp³-hybridized carbons (Fsp3) is 0.0526. The maximum absolute atomic E-state index is 13.2. The molecule has 0 aromatic heterocycles. The van der Waals surface area contributed by atoms with Gasteiger partial charge in [-0.15, -0.1) is 0 Å². The number of amides is 2. The number of hydrogen-bond donors (Lipinski definition) is 1. The molecule has 3 heterocycles. The van der Waals surface area contributed by atoms with Gasteiger partial charge in [-0.3, -0.25) is 0 Å². The monoisotopic (exact) mass is 451 g/mol. The Balaban J connectivity index is 1.60. The third kappa shape index (κ3) is 2.34. The summed E-state index contributed by atoms with van der Waals surface area (Å²) < 4.78 is 17.1. The van der Waals surface area contributed by atoms with Crippen LogP contribution in [0.1, 0.15) is 16.7 Å². The molecule has 3 aliphatic heterocycles. The third-order valence-corrected chi connectivity index (χ3v) is 16.2. The van der Waals surface area contributed by atoms with Crippen molar-refractivity contribution in [3.8, 4) is 0 Å². The van der Waals surface area contributed by atoms with E-state index in [2.05, 4.69) is 23.5 Å². The molecule has 2 aromatic carbocycles. The molecule has 5 rings (SSSR count). The molecule has 2 aromatic rings. The number of carbonyl (C=O) groups excluding carboxylic acids is 2. The number of benzene rings is 2. The summed E-state index contributed by atoms with van der Waals surface area (Å²) in [5.41, 5.74) is 3.44. The van der Waals surface area contributed by atoms with Crippen molar-refractivity contribution in [3.63, 3.8) is 0 Å². The van der Waals surface area contributed by atoms with E-state index in [0.717, 1.165) is 32.6 Å². The average Bonchev–Trinajstić information content (AvgIpc) is 3.15. The first-order chi connectivity index (χ1) is 12.1. The van der Waals surface area contributed by atoms with Gasteiger partial charge in [0.15, 0.2) is 0 Å². The van der Waals surface area contributed by atoms with Crippen LogP contribution in [0.25, 0.3) is 9.41 Å². The summed E-state index contributed by atoms with van der Waals surface area (Å²) >= 11 is -1.53. The van der Waals surface area contributed by atoms with Crippen LogP contribution in [-0.2, 0) is 11.2 Å². The molecule has 0 aliphatic carbocycles. The van der Waals surface area contributed by atoms with Crippen LogP contribution in [0.5, 0.6) is 0 Å². The molecule has 2 amide bonds. The van der Waals surface area contributed by atoms with Gasteiger partial charge in [-0.05, 0) is 0 Å². The Kier molecular flexibility index (Phi) is 3.47. The van der Waals surface area contributed by atoms with E-state index in [1.165, 1.54) is 24.3 Å². The van der Waals surface area contributed by atoms with Crippen molar-refractivity contribution in [3.05, 3.63) is 73.2 Å². The number of allylic oxidation sites excluding steroid dienone is 1. The SMILES string of the molecule is O=C1NC(=O)/C(=[C]2\c3ccc[c]4c3C=[C](Cc3ccc(F)cc3)[In]24)S1. The van der Waals surface area contributed by atoms with Crippen LogP contribution in [0.2, 0.25) is 0 Å². The van der Waals surface area contributed by atoms with Crippen molar-refractivity contribution < 1.29 is 14.0 Å². The number of halogens is 1. The number of carbonyl (C=O) groups is 2. The van der Waals surface area contributed by atoms with Gasteiger partial charge in [-0.1, -0.05) is 0 Å². The van der Waals surface area contributed by atoms with Crippen molar-refractivity contribution in [2.24, 2.45) is 0 Å². The van der Waals surface area contributed by atoms with Crippen molar-refractivity contribution in [2.45, 2.75) is 6.42 Å². The summed E-state index contributed by atoms with van der Waals surface area (Å²) in [4.78, 5) is 24.5. The zero-order valence-corrected chi connectivity index (χ0v) is 17.1. The Hall–Kier alpha value is -1.79. The van der Waals surface area contributed by atoms with Gasteiger partial charge >= 0.3 is 156 Å². The molecular weight excluding hydrogens is 440 g/mol. The molecule has 4 bridgehead atoms. The molecule has 3 nitrogen and oxygen atoms in total. The summed E-state index contributed by atoms with van der Waals surface area (Å²) in [6.45, 7) is 0. The number of imide groups is 1. The predicted octanol–water partition coefficient (Wildman–Crippen LogP) is 2.95. The molecule has 1 fully saturated rings. The van der Waals surface area contributed by atoms with Crippen LogP contribution in [0.4, 0.5) is 9.18 Å². The van der Waals surface area contributed by atoms with Crippen LogP contribution in [0.3, 0.4) is 0 Å². The molecule has 0 unspecified atom stereocenters. The minimum atomic E-state index is -2.56. The summed E-state index contributed by atoms with van der Waals surface area (Å²) in [5.74, 6) is -0.495. The Bertz CT molecular complexity index is 1030. The Morgan fingerprint density at radius 1 is 1.08 bits per heavy atom. The number of nitrogens with one attached hydrogen (secondary N) is 1. The van der Waals surface area contributed by atoms with Crippen molar-refractivity contribution in [1.29, 1.82) is 0 Å². The van der Waals surface area contributed by atoms with Gasteiger partial charge in [-0.25, -0.2) is 0 Å². The third-order valence-electron chi connectivity index (χ3n) is 4.91. The van der Waals surface area contributed by atoms with Crippen molar-refractivity contribution >= 4 is 57.1 Å². The second-order valence-corrected chi connectivity index (χ2v) is 15.3. The number of rotatable bonds is 2. The Morgan fingerprint density at radius 3 is 2.56 bits per heavy atom. The fourth-order valence-corrected chi connectivity index (χ4v) is 16.4. The van der Waals surface area contributed by atoms with E-state index in [9.17, 15) is 14.0 Å². The standard InChI is InChI=1S/C19H11FNO2S.In/c20-16-10-8-13(9-11-16)4-3-7-14-5-1-2-6-15(14)12-17-18(22)21-19(23)24-17;/h1-2,6-11H,4H2,(H,21,22,23);. The van der Waals surface area contributed by atoms with E-state index in [1.54, 1.807) is 0 Å². The molecular formula is C19H11FInNO2S. The molecule has 0 atom stereocenters. The molecule has 0 radical (unpaired) electrons. The van der Waals surface area contributed by atoms with E-state index in [-0.39, 0.29) is 17.0 Å². The van der Waals surface area contributed by atoms with Gasteiger partial charge in [0.05, 0.1) is 0 Å². The van der Waals surface area contributed by atoms with Crippen LogP contribution < -0.4 is 8.64 Å². The van der Waals surface area contributed by atoms with E-state index in [4.69, 9.17) is 0 Å². The van der Waals surface area contributed by atoms with Crippen molar-refractivity contribution in [1.82, 2.24) is 5.32 Å². The van der Waals surface area contributed by atoms with E-state index in [1.807, 2.05) is 18.2 Å². The number of hydrogen-bond acceptors (Lipinski definition) is 3. The zero-order chi connectivity index (χ0) is 17.1. The normalized spacial score (nSPS) is 20.4. The Labute approximate surface area is 155 Å². The second-order valence-electron chi connectivity index (χ2n) is 6.35.